The topological polar surface area (TPSA) is 54.8 Å². The van der Waals surface area contributed by atoms with E-state index in [2.05, 4.69) is 32.8 Å². The fourth-order valence-corrected chi connectivity index (χ4v) is 4.88. The van der Waals surface area contributed by atoms with Crippen molar-refractivity contribution >= 4 is 50.8 Å². The van der Waals surface area contributed by atoms with Crippen LogP contribution in [0.15, 0.2) is 76.4 Å². The molecule has 9 heteroatoms. The van der Waals surface area contributed by atoms with Crippen molar-refractivity contribution in [2.24, 2.45) is 4.99 Å². The number of ether oxygens (including phenoxy) is 1. The van der Waals surface area contributed by atoms with Gasteiger partial charge in [-0.05, 0) is 50.6 Å². The molecule has 1 aliphatic heterocycles. The monoisotopic (exact) mass is 585 g/mol. The molecular formula is C27H22BrClFN3O2S. The Morgan fingerprint density at radius 3 is 2.58 bits per heavy atom. The van der Waals surface area contributed by atoms with E-state index in [1.165, 1.54) is 28.4 Å². The van der Waals surface area contributed by atoms with Crippen LogP contribution in [0.1, 0.15) is 42.9 Å². The van der Waals surface area contributed by atoms with Crippen LogP contribution in [0.25, 0.3) is 0 Å². The van der Waals surface area contributed by atoms with Gasteiger partial charge in [0, 0.05) is 27.5 Å². The zero-order chi connectivity index (χ0) is 25.9. The molecule has 0 spiro atoms. The number of amidine groups is 1. The summed E-state index contributed by atoms with van der Waals surface area (Å²) in [7, 11) is 0. The fraction of sp³-hybridized carbons (Fsp3) is 0.222. The van der Waals surface area contributed by atoms with Crippen LogP contribution in [0.5, 0.6) is 0 Å². The lowest BCUT2D eigenvalue weighted by Gasteiger charge is -2.37. The minimum absolute atomic E-state index is 0.155. The summed E-state index contributed by atoms with van der Waals surface area (Å²) >= 11 is 11.4. The molecule has 1 aliphatic rings. The number of nitrogens with zero attached hydrogens (tertiary/aromatic N) is 3. The number of hydrogen-bond acceptors (Lipinski definition) is 5. The van der Waals surface area contributed by atoms with Gasteiger partial charge >= 0.3 is 6.09 Å². The standard InChI is InChI=1S/C27H22BrClFN3O2S/c1-27(2,3)35-26(34)33-23(19-12-10-18(30)15-21(19)29)20(11-9-17-7-5-4-6-8-17)22(16-28)32-24(33)25-31-13-14-36-25/h4-8,10,12-15,23H,16H2,1-3H3/t23-/m0/s1. The van der Waals surface area contributed by atoms with Crippen LogP contribution >= 0.6 is 38.9 Å². The van der Waals surface area contributed by atoms with Gasteiger partial charge in [-0.2, -0.15) is 0 Å². The number of allylic oxidation sites excluding steroid dienone is 1. The van der Waals surface area contributed by atoms with Crippen LogP contribution in [0.2, 0.25) is 5.02 Å². The summed E-state index contributed by atoms with van der Waals surface area (Å²) in [4.78, 5) is 24.3. The smallest absolute Gasteiger partial charge is 0.416 e. The number of carbonyl (C=O) groups excluding carboxylic acids is 1. The number of rotatable bonds is 3. The lowest BCUT2D eigenvalue weighted by molar-refractivity contribution is 0.0329. The van der Waals surface area contributed by atoms with E-state index in [-0.39, 0.29) is 5.02 Å². The third-order valence-corrected chi connectivity index (χ3v) is 6.65. The SMILES string of the molecule is CC(C)(C)OC(=O)N1C(c2nccs2)=NC(CBr)=C(C#Cc2ccccc2)[C@@H]1c1ccc(F)cc1Cl. The van der Waals surface area contributed by atoms with Crippen LogP contribution in [-0.2, 0) is 4.74 Å². The molecule has 0 saturated carbocycles. The van der Waals surface area contributed by atoms with Crippen LogP contribution in [-0.4, -0.2) is 32.7 Å². The molecule has 0 saturated heterocycles. The minimum Gasteiger partial charge on any atom is -0.443 e. The second kappa shape index (κ2) is 11.0. The molecule has 3 aromatic rings. The van der Waals surface area contributed by atoms with Crippen molar-refractivity contribution in [1.82, 2.24) is 9.88 Å². The average molecular weight is 587 g/mol. The van der Waals surface area contributed by atoms with E-state index in [1.54, 1.807) is 38.4 Å². The molecule has 184 valence electrons. The van der Waals surface area contributed by atoms with Gasteiger partial charge in [0.25, 0.3) is 0 Å². The molecule has 0 aliphatic carbocycles. The summed E-state index contributed by atoms with van der Waals surface area (Å²) in [6.07, 6.45) is 0.993. The molecule has 5 nitrogen and oxygen atoms in total. The molecule has 1 atom stereocenters. The number of benzene rings is 2. The van der Waals surface area contributed by atoms with Gasteiger partial charge < -0.3 is 4.74 Å². The first kappa shape index (κ1) is 26.1. The van der Waals surface area contributed by atoms with Gasteiger partial charge in [0.05, 0.1) is 11.3 Å². The Labute approximate surface area is 226 Å². The highest BCUT2D eigenvalue weighted by atomic mass is 79.9. The van der Waals surface area contributed by atoms with Gasteiger partial charge in [-0.15, -0.1) is 11.3 Å². The summed E-state index contributed by atoms with van der Waals surface area (Å²) in [5, 5.41) is 2.84. The molecule has 2 heterocycles. The van der Waals surface area contributed by atoms with E-state index in [4.69, 9.17) is 21.3 Å². The van der Waals surface area contributed by atoms with Crippen molar-refractivity contribution in [3.05, 3.63) is 98.4 Å². The molecule has 1 amide bonds. The Morgan fingerprint density at radius 1 is 1.22 bits per heavy atom. The summed E-state index contributed by atoms with van der Waals surface area (Å²) in [5.74, 6) is 6.20. The van der Waals surface area contributed by atoms with Crippen molar-refractivity contribution in [2.45, 2.75) is 32.4 Å². The third kappa shape index (κ3) is 5.86. The van der Waals surface area contributed by atoms with Crippen molar-refractivity contribution in [3.63, 3.8) is 0 Å². The average Bonchev–Trinajstić information content (AvgIpc) is 3.36. The predicted octanol–water partition coefficient (Wildman–Crippen LogP) is 7.37. The van der Waals surface area contributed by atoms with Crippen molar-refractivity contribution in [1.29, 1.82) is 0 Å². The van der Waals surface area contributed by atoms with Gasteiger partial charge in [0.15, 0.2) is 10.8 Å². The Bertz CT molecular complexity index is 1390. The molecule has 0 N–H and O–H groups in total. The zero-order valence-corrected chi connectivity index (χ0v) is 22.9. The number of carbonyl (C=O) groups is 1. The molecule has 0 radical (unpaired) electrons. The summed E-state index contributed by atoms with van der Waals surface area (Å²) < 4.78 is 19.8. The van der Waals surface area contributed by atoms with Crippen molar-refractivity contribution in [3.8, 4) is 11.8 Å². The zero-order valence-electron chi connectivity index (χ0n) is 19.8. The largest absolute Gasteiger partial charge is 0.443 e. The van der Waals surface area contributed by atoms with Gasteiger partial charge in [-0.25, -0.2) is 24.1 Å². The highest BCUT2D eigenvalue weighted by Gasteiger charge is 2.41. The fourth-order valence-electron chi connectivity index (χ4n) is 3.56. The molecule has 2 aromatic carbocycles. The van der Waals surface area contributed by atoms with Crippen LogP contribution in [0.4, 0.5) is 9.18 Å². The summed E-state index contributed by atoms with van der Waals surface area (Å²) in [6.45, 7) is 5.35. The lowest BCUT2D eigenvalue weighted by atomic mass is 9.93. The number of alkyl halides is 1. The first-order valence-electron chi connectivity index (χ1n) is 11.0. The van der Waals surface area contributed by atoms with Gasteiger partial charge in [0.1, 0.15) is 17.5 Å². The molecule has 4 rings (SSSR count). The van der Waals surface area contributed by atoms with Gasteiger partial charge in [-0.3, -0.25) is 0 Å². The molecule has 0 bridgehead atoms. The number of hydrogen-bond donors (Lipinski definition) is 0. The number of thiazole rings is 1. The van der Waals surface area contributed by atoms with Crippen LogP contribution < -0.4 is 0 Å². The van der Waals surface area contributed by atoms with Gasteiger partial charge in [0.2, 0.25) is 0 Å². The van der Waals surface area contributed by atoms with E-state index in [1.807, 2.05) is 30.3 Å². The number of amides is 1. The summed E-state index contributed by atoms with van der Waals surface area (Å²) in [5.41, 5.74) is 1.65. The number of aromatic nitrogens is 1. The maximum absolute atomic E-state index is 14.0. The summed E-state index contributed by atoms with van der Waals surface area (Å²) in [6, 6.07) is 12.7. The third-order valence-electron chi connectivity index (χ3n) is 5.02. The number of aliphatic imine (C=N–C) groups is 1. The van der Waals surface area contributed by atoms with E-state index in [0.717, 1.165) is 5.56 Å². The minimum atomic E-state index is -0.826. The van der Waals surface area contributed by atoms with E-state index in [9.17, 15) is 9.18 Å². The Hall–Kier alpha value is -2.99. The molecule has 36 heavy (non-hydrogen) atoms. The van der Waals surface area contributed by atoms with E-state index in [0.29, 0.717) is 33.0 Å². The molecule has 0 fully saturated rings. The quantitative estimate of drug-likeness (QED) is 0.238. The first-order valence-corrected chi connectivity index (χ1v) is 13.4. The Morgan fingerprint density at radius 2 is 1.97 bits per heavy atom. The maximum Gasteiger partial charge on any atom is 0.416 e. The highest BCUT2D eigenvalue weighted by molar-refractivity contribution is 9.09. The Kier molecular flexibility index (Phi) is 7.94. The van der Waals surface area contributed by atoms with Crippen LogP contribution in [0, 0.1) is 17.7 Å². The molecular weight excluding hydrogens is 565 g/mol. The molecule has 1 aromatic heterocycles. The van der Waals surface area contributed by atoms with Crippen molar-refractivity contribution in [2.75, 3.05) is 5.33 Å². The van der Waals surface area contributed by atoms with E-state index >= 15 is 0 Å². The van der Waals surface area contributed by atoms with E-state index < -0.39 is 23.6 Å². The normalized spacial score (nSPS) is 15.8. The van der Waals surface area contributed by atoms with Crippen molar-refractivity contribution < 1.29 is 13.9 Å². The lowest BCUT2D eigenvalue weighted by Crippen LogP contribution is -2.46. The Balaban J connectivity index is 1.99. The number of halogens is 3. The predicted molar refractivity (Wildman–Crippen MR) is 145 cm³/mol. The second-order valence-electron chi connectivity index (χ2n) is 8.80. The highest BCUT2D eigenvalue weighted by Crippen LogP contribution is 2.40. The maximum atomic E-state index is 14.0. The second-order valence-corrected chi connectivity index (χ2v) is 10.7. The molecule has 0 unspecified atom stereocenters. The van der Waals surface area contributed by atoms with Gasteiger partial charge in [-0.1, -0.05) is 63.6 Å². The first-order chi connectivity index (χ1) is 17.2. The van der Waals surface area contributed by atoms with Crippen LogP contribution in [0.3, 0.4) is 0 Å².